The predicted octanol–water partition coefficient (Wildman–Crippen LogP) is 0.458. The van der Waals surface area contributed by atoms with Crippen LogP contribution in [0.15, 0.2) is 54.6 Å². The maximum atomic E-state index is 12.5. The summed E-state index contributed by atoms with van der Waals surface area (Å²) in [5.74, 6) is -1.15. The van der Waals surface area contributed by atoms with Crippen molar-refractivity contribution in [2.75, 3.05) is 6.54 Å². The number of β-amino-alcohol motifs (C(OH)–C–C–N with tert-alkyl or cyclic N) is 1. The van der Waals surface area contributed by atoms with Crippen molar-refractivity contribution in [2.24, 2.45) is 5.73 Å². The second-order valence-corrected chi connectivity index (χ2v) is 6.94. The van der Waals surface area contributed by atoms with Crippen LogP contribution in [0.2, 0.25) is 0 Å². The zero-order chi connectivity index (χ0) is 20.1. The van der Waals surface area contributed by atoms with E-state index >= 15 is 0 Å². The Morgan fingerprint density at radius 2 is 1.79 bits per heavy atom. The fourth-order valence-corrected chi connectivity index (χ4v) is 3.40. The highest BCUT2D eigenvalue weighted by Crippen LogP contribution is 2.20. The van der Waals surface area contributed by atoms with E-state index in [-0.39, 0.29) is 19.4 Å². The van der Waals surface area contributed by atoms with Crippen LogP contribution in [0, 0.1) is 0 Å². The van der Waals surface area contributed by atoms with Gasteiger partial charge in [-0.2, -0.15) is 0 Å². The molecule has 0 saturated carbocycles. The van der Waals surface area contributed by atoms with Crippen LogP contribution in [-0.4, -0.2) is 53.0 Å². The molecule has 0 spiro atoms. The first-order valence-corrected chi connectivity index (χ1v) is 9.11. The number of nitrogens with zero attached hydrogens (tertiary/aromatic N) is 1. The van der Waals surface area contributed by atoms with Gasteiger partial charge in [-0.25, -0.2) is 0 Å². The SMILES string of the molecule is NC(=O)C(Cc1ccc(-c2ccccc2)cc1)NC(=O)C1CC(O)CN1C=O. The standard InChI is InChI=1S/C21H23N3O4/c22-20(27)18(23-21(28)19-11-17(26)12-24(19)13-25)10-14-6-8-16(9-7-14)15-4-2-1-3-5-15/h1-9,13,17-19,26H,10-12H2,(H2,22,27)(H,23,28). The Morgan fingerprint density at radius 3 is 2.39 bits per heavy atom. The number of likely N-dealkylation sites (tertiary alicyclic amines) is 1. The molecule has 0 aromatic heterocycles. The van der Waals surface area contributed by atoms with E-state index in [4.69, 9.17) is 5.73 Å². The minimum absolute atomic E-state index is 0.101. The van der Waals surface area contributed by atoms with Gasteiger partial charge in [0.1, 0.15) is 12.1 Å². The monoisotopic (exact) mass is 381 g/mol. The van der Waals surface area contributed by atoms with E-state index in [0.717, 1.165) is 16.7 Å². The molecule has 0 radical (unpaired) electrons. The van der Waals surface area contributed by atoms with Crippen LogP contribution in [0.25, 0.3) is 11.1 Å². The van der Waals surface area contributed by atoms with Crippen molar-refractivity contribution in [2.45, 2.75) is 31.0 Å². The Morgan fingerprint density at radius 1 is 1.14 bits per heavy atom. The number of aliphatic hydroxyl groups excluding tert-OH is 1. The van der Waals surface area contributed by atoms with Gasteiger partial charge in [-0.15, -0.1) is 0 Å². The smallest absolute Gasteiger partial charge is 0.243 e. The second kappa shape index (κ2) is 8.67. The van der Waals surface area contributed by atoms with Gasteiger partial charge < -0.3 is 21.1 Å². The van der Waals surface area contributed by atoms with Gasteiger partial charge >= 0.3 is 0 Å². The van der Waals surface area contributed by atoms with Crippen LogP contribution < -0.4 is 11.1 Å². The first kappa shape index (κ1) is 19.6. The Bertz CT molecular complexity index is 838. The zero-order valence-corrected chi connectivity index (χ0v) is 15.3. The van der Waals surface area contributed by atoms with Crippen molar-refractivity contribution in [3.05, 3.63) is 60.2 Å². The predicted molar refractivity (Wildman–Crippen MR) is 104 cm³/mol. The lowest BCUT2D eigenvalue weighted by molar-refractivity contribution is -0.133. The molecule has 1 saturated heterocycles. The number of hydrogen-bond donors (Lipinski definition) is 3. The van der Waals surface area contributed by atoms with E-state index < -0.39 is 30.0 Å². The fourth-order valence-electron chi connectivity index (χ4n) is 3.40. The van der Waals surface area contributed by atoms with E-state index in [1.807, 2.05) is 54.6 Å². The van der Waals surface area contributed by atoms with Crippen molar-refractivity contribution in [1.82, 2.24) is 10.2 Å². The highest BCUT2D eigenvalue weighted by Gasteiger charge is 2.36. The average molecular weight is 381 g/mol. The van der Waals surface area contributed by atoms with Crippen LogP contribution in [0.4, 0.5) is 0 Å². The molecule has 3 rings (SSSR count). The number of primary amides is 1. The van der Waals surface area contributed by atoms with Crippen molar-refractivity contribution in [3.8, 4) is 11.1 Å². The third-order valence-electron chi connectivity index (χ3n) is 4.92. The number of carbonyl (C=O) groups is 3. The molecule has 2 aromatic rings. The average Bonchev–Trinajstić information content (AvgIpc) is 3.09. The third-order valence-corrected chi connectivity index (χ3v) is 4.92. The largest absolute Gasteiger partial charge is 0.391 e. The number of rotatable bonds is 7. The molecule has 1 aliphatic heterocycles. The Kier molecular flexibility index (Phi) is 6.06. The summed E-state index contributed by atoms with van der Waals surface area (Å²) in [5, 5.41) is 12.3. The van der Waals surface area contributed by atoms with Crippen molar-refractivity contribution >= 4 is 18.2 Å². The summed E-state index contributed by atoms with van der Waals surface area (Å²) in [6.07, 6.45) is 0.162. The quantitative estimate of drug-likeness (QED) is 0.605. The number of amides is 3. The fraction of sp³-hybridized carbons (Fsp3) is 0.286. The number of nitrogens with two attached hydrogens (primary N) is 1. The normalized spacial score (nSPS) is 19.8. The molecule has 2 aromatic carbocycles. The Labute approximate surface area is 163 Å². The van der Waals surface area contributed by atoms with Gasteiger partial charge in [0, 0.05) is 19.4 Å². The molecule has 1 fully saturated rings. The molecule has 1 aliphatic rings. The lowest BCUT2D eigenvalue weighted by Crippen LogP contribution is -2.51. The van der Waals surface area contributed by atoms with Gasteiger partial charge in [-0.1, -0.05) is 54.6 Å². The van der Waals surface area contributed by atoms with Gasteiger partial charge in [-0.3, -0.25) is 14.4 Å². The molecule has 1 heterocycles. The minimum Gasteiger partial charge on any atom is -0.391 e. The summed E-state index contributed by atoms with van der Waals surface area (Å²) < 4.78 is 0. The number of benzene rings is 2. The van der Waals surface area contributed by atoms with E-state index in [9.17, 15) is 19.5 Å². The van der Waals surface area contributed by atoms with Crippen molar-refractivity contribution in [3.63, 3.8) is 0 Å². The van der Waals surface area contributed by atoms with Crippen LogP contribution in [0.3, 0.4) is 0 Å². The third kappa shape index (κ3) is 4.55. The Hall–Kier alpha value is -3.19. The van der Waals surface area contributed by atoms with Crippen LogP contribution in [0.5, 0.6) is 0 Å². The van der Waals surface area contributed by atoms with Gasteiger partial charge in [0.25, 0.3) is 0 Å². The molecule has 4 N–H and O–H groups in total. The molecular formula is C21H23N3O4. The van der Waals surface area contributed by atoms with Gasteiger partial charge in [0.15, 0.2) is 0 Å². The van der Waals surface area contributed by atoms with Crippen LogP contribution in [0.1, 0.15) is 12.0 Å². The van der Waals surface area contributed by atoms with Crippen molar-refractivity contribution in [1.29, 1.82) is 0 Å². The van der Waals surface area contributed by atoms with E-state index in [1.54, 1.807) is 0 Å². The molecular weight excluding hydrogens is 358 g/mol. The highest BCUT2D eigenvalue weighted by molar-refractivity contribution is 5.90. The molecule has 3 unspecified atom stereocenters. The molecule has 0 bridgehead atoms. The van der Waals surface area contributed by atoms with Crippen molar-refractivity contribution < 1.29 is 19.5 Å². The van der Waals surface area contributed by atoms with Crippen LogP contribution in [-0.2, 0) is 20.8 Å². The van der Waals surface area contributed by atoms with Crippen LogP contribution >= 0.6 is 0 Å². The summed E-state index contributed by atoms with van der Waals surface area (Å²) in [6, 6.07) is 15.9. The maximum absolute atomic E-state index is 12.5. The van der Waals surface area contributed by atoms with E-state index in [1.165, 1.54) is 4.90 Å². The molecule has 7 heteroatoms. The highest BCUT2D eigenvalue weighted by atomic mass is 16.3. The summed E-state index contributed by atoms with van der Waals surface area (Å²) in [5.41, 5.74) is 8.44. The lowest BCUT2D eigenvalue weighted by Gasteiger charge is -2.22. The molecule has 28 heavy (non-hydrogen) atoms. The first-order valence-electron chi connectivity index (χ1n) is 9.11. The summed E-state index contributed by atoms with van der Waals surface area (Å²) >= 11 is 0. The molecule has 3 amide bonds. The number of hydrogen-bond acceptors (Lipinski definition) is 4. The summed E-state index contributed by atoms with van der Waals surface area (Å²) in [6.45, 7) is 0.101. The van der Waals surface area contributed by atoms with E-state index in [2.05, 4.69) is 5.32 Å². The summed E-state index contributed by atoms with van der Waals surface area (Å²) in [4.78, 5) is 36.6. The second-order valence-electron chi connectivity index (χ2n) is 6.94. The number of aliphatic hydroxyl groups is 1. The molecule has 0 aliphatic carbocycles. The summed E-state index contributed by atoms with van der Waals surface area (Å²) in [7, 11) is 0. The number of carbonyl (C=O) groups excluding carboxylic acids is 3. The number of nitrogens with one attached hydrogen (secondary N) is 1. The first-order chi connectivity index (χ1) is 13.5. The Balaban J connectivity index is 1.67. The van der Waals surface area contributed by atoms with Gasteiger partial charge in [-0.05, 0) is 16.7 Å². The molecule has 7 nitrogen and oxygen atoms in total. The molecule has 3 atom stereocenters. The topological polar surface area (TPSA) is 113 Å². The van der Waals surface area contributed by atoms with E-state index in [0.29, 0.717) is 6.41 Å². The molecule has 146 valence electrons. The zero-order valence-electron chi connectivity index (χ0n) is 15.3. The lowest BCUT2D eigenvalue weighted by atomic mass is 10.00. The maximum Gasteiger partial charge on any atom is 0.243 e. The minimum atomic E-state index is -0.902. The van der Waals surface area contributed by atoms with Gasteiger partial charge in [0.05, 0.1) is 6.10 Å². The van der Waals surface area contributed by atoms with Gasteiger partial charge in [0.2, 0.25) is 18.2 Å².